The van der Waals surface area contributed by atoms with Gasteiger partial charge in [0.1, 0.15) is 0 Å². The van der Waals surface area contributed by atoms with Crippen LogP contribution in [0.5, 0.6) is 0 Å². The van der Waals surface area contributed by atoms with Crippen LogP contribution in [0.2, 0.25) is 0 Å². The predicted octanol–water partition coefficient (Wildman–Crippen LogP) is 2.10. The molecule has 2 rings (SSSR count). The summed E-state index contributed by atoms with van der Waals surface area (Å²) in [6, 6.07) is 8.47. The van der Waals surface area contributed by atoms with E-state index in [1.165, 1.54) is 17.4 Å². The molecule has 0 saturated carbocycles. The van der Waals surface area contributed by atoms with Gasteiger partial charge in [0, 0.05) is 13.1 Å². The zero-order chi connectivity index (χ0) is 15.5. The topological polar surface area (TPSA) is 63.4 Å². The quantitative estimate of drug-likeness (QED) is 0.906. The van der Waals surface area contributed by atoms with Crippen molar-refractivity contribution in [3.05, 3.63) is 35.4 Å². The molecule has 0 spiro atoms. The van der Waals surface area contributed by atoms with Crippen molar-refractivity contribution in [2.45, 2.75) is 32.1 Å². The second kappa shape index (κ2) is 6.90. The number of nitrogens with zero attached hydrogens (tertiary/aromatic N) is 1. The van der Waals surface area contributed by atoms with Crippen LogP contribution in [-0.4, -0.2) is 38.6 Å². The molecule has 1 aromatic rings. The third-order valence-electron chi connectivity index (χ3n) is 4.37. The first kappa shape index (κ1) is 16.5. The van der Waals surface area contributed by atoms with Crippen LogP contribution in [0.15, 0.2) is 24.3 Å². The SMILES string of the molecule is Cc1cccc(C(CN)CC2CCCN(S(C)(=O)=O)C2)c1. The van der Waals surface area contributed by atoms with Crippen molar-refractivity contribution in [1.29, 1.82) is 0 Å². The summed E-state index contributed by atoms with van der Waals surface area (Å²) in [7, 11) is -3.07. The molecular formula is C16H26N2O2S. The van der Waals surface area contributed by atoms with E-state index in [4.69, 9.17) is 5.73 Å². The first-order valence-electron chi connectivity index (χ1n) is 7.62. The lowest BCUT2D eigenvalue weighted by Crippen LogP contribution is -2.39. The van der Waals surface area contributed by atoms with Crippen molar-refractivity contribution in [2.75, 3.05) is 25.9 Å². The van der Waals surface area contributed by atoms with E-state index in [1.54, 1.807) is 4.31 Å². The number of hydrogen-bond acceptors (Lipinski definition) is 3. The van der Waals surface area contributed by atoms with Crippen molar-refractivity contribution in [1.82, 2.24) is 4.31 Å². The van der Waals surface area contributed by atoms with Crippen LogP contribution < -0.4 is 5.73 Å². The van der Waals surface area contributed by atoms with Crippen molar-refractivity contribution >= 4 is 10.0 Å². The molecule has 4 nitrogen and oxygen atoms in total. The highest BCUT2D eigenvalue weighted by Gasteiger charge is 2.27. The van der Waals surface area contributed by atoms with Gasteiger partial charge in [-0.25, -0.2) is 12.7 Å². The average molecular weight is 310 g/mol. The highest BCUT2D eigenvalue weighted by Crippen LogP contribution is 2.29. The van der Waals surface area contributed by atoms with Crippen LogP contribution in [0, 0.1) is 12.8 Å². The minimum atomic E-state index is -3.07. The first-order valence-corrected chi connectivity index (χ1v) is 9.46. The Bertz CT molecular complexity index is 571. The van der Waals surface area contributed by atoms with Gasteiger partial charge in [-0.3, -0.25) is 0 Å². The van der Waals surface area contributed by atoms with Gasteiger partial charge < -0.3 is 5.73 Å². The first-order chi connectivity index (χ1) is 9.90. The molecular weight excluding hydrogens is 284 g/mol. The number of rotatable bonds is 5. The lowest BCUT2D eigenvalue weighted by Gasteiger charge is -2.33. The summed E-state index contributed by atoms with van der Waals surface area (Å²) >= 11 is 0. The van der Waals surface area contributed by atoms with Crippen LogP contribution in [-0.2, 0) is 10.0 Å². The van der Waals surface area contributed by atoms with E-state index in [0.29, 0.717) is 31.5 Å². The fourth-order valence-electron chi connectivity index (χ4n) is 3.22. The van der Waals surface area contributed by atoms with Gasteiger partial charge in [-0.1, -0.05) is 29.8 Å². The van der Waals surface area contributed by atoms with Crippen molar-refractivity contribution in [3.8, 4) is 0 Å². The molecule has 1 fully saturated rings. The number of piperidine rings is 1. The predicted molar refractivity (Wildman–Crippen MR) is 86.7 cm³/mol. The van der Waals surface area contributed by atoms with Crippen molar-refractivity contribution < 1.29 is 8.42 Å². The van der Waals surface area contributed by atoms with E-state index >= 15 is 0 Å². The Balaban J connectivity index is 2.05. The Morgan fingerprint density at radius 2 is 2.19 bits per heavy atom. The molecule has 2 N–H and O–H groups in total. The maximum absolute atomic E-state index is 11.7. The molecule has 0 aromatic heterocycles. The minimum absolute atomic E-state index is 0.314. The lowest BCUT2D eigenvalue weighted by molar-refractivity contribution is 0.247. The number of benzene rings is 1. The molecule has 0 amide bonds. The molecule has 5 heteroatoms. The van der Waals surface area contributed by atoms with Gasteiger partial charge in [0.05, 0.1) is 6.26 Å². The molecule has 0 aliphatic carbocycles. The normalized spacial score (nSPS) is 22.1. The number of hydrogen-bond donors (Lipinski definition) is 1. The van der Waals surface area contributed by atoms with Crippen molar-refractivity contribution in [3.63, 3.8) is 0 Å². The minimum Gasteiger partial charge on any atom is -0.330 e. The summed E-state index contributed by atoms with van der Waals surface area (Å²) < 4.78 is 25.0. The van der Waals surface area contributed by atoms with Gasteiger partial charge >= 0.3 is 0 Å². The Morgan fingerprint density at radius 1 is 1.43 bits per heavy atom. The van der Waals surface area contributed by atoms with Crippen LogP contribution >= 0.6 is 0 Å². The Morgan fingerprint density at radius 3 is 2.81 bits per heavy atom. The van der Waals surface area contributed by atoms with Crippen LogP contribution in [0.25, 0.3) is 0 Å². The third kappa shape index (κ3) is 4.53. The smallest absolute Gasteiger partial charge is 0.211 e. The summed E-state index contributed by atoms with van der Waals surface area (Å²) in [6.45, 7) is 4.00. The summed E-state index contributed by atoms with van der Waals surface area (Å²) in [5.41, 5.74) is 8.48. The summed E-state index contributed by atoms with van der Waals surface area (Å²) in [5.74, 6) is 0.719. The Kier molecular flexibility index (Phi) is 5.41. The molecule has 2 unspecified atom stereocenters. The molecule has 0 radical (unpaired) electrons. The van der Waals surface area contributed by atoms with E-state index in [-0.39, 0.29) is 0 Å². The second-order valence-corrected chi connectivity index (χ2v) is 8.19. The maximum atomic E-state index is 11.7. The zero-order valence-corrected chi connectivity index (χ0v) is 13.8. The van der Waals surface area contributed by atoms with Crippen molar-refractivity contribution in [2.24, 2.45) is 11.7 Å². The molecule has 0 bridgehead atoms. The van der Waals surface area contributed by atoms with Gasteiger partial charge in [0.15, 0.2) is 0 Å². The number of nitrogens with two attached hydrogens (primary N) is 1. The molecule has 1 heterocycles. The summed E-state index contributed by atoms with van der Waals surface area (Å²) in [6.07, 6.45) is 4.31. The van der Waals surface area contributed by atoms with Gasteiger partial charge in [-0.2, -0.15) is 0 Å². The largest absolute Gasteiger partial charge is 0.330 e. The van der Waals surface area contributed by atoms with E-state index in [2.05, 4.69) is 31.2 Å². The standard InChI is InChI=1S/C16H26N2O2S/c1-13-5-3-7-15(9-13)16(11-17)10-14-6-4-8-18(12-14)21(2,19)20/h3,5,7,9,14,16H,4,6,8,10-12,17H2,1-2H3. The lowest BCUT2D eigenvalue weighted by atomic mass is 9.85. The van der Waals surface area contributed by atoms with E-state index < -0.39 is 10.0 Å². The molecule has 118 valence electrons. The molecule has 1 aliphatic rings. The zero-order valence-electron chi connectivity index (χ0n) is 13.0. The second-order valence-electron chi connectivity index (χ2n) is 6.21. The molecule has 1 aliphatic heterocycles. The number of aryl methyl sites for hydroxylation is 1. The Labute approximate surface area is 128 Å². The van der Waals surface area contributed by atoms with Gasteiger partial charge in [-0.15, -0.1) is 0 Å². The molecule has 1 saturated heterocycles. The fraction of sp³-hybridized carbons (Fsp3) is 0.625. The van der Waals surface area contributed by atoms with E-state index in [1.807, 2.05) is 0 Å². The molecule has 2 atom stereocenters. The molecule has 21 heavy (non-hydrogen) atoms. The summed E-state index contributed by atoms with van der Waals surface area (Å²) in [5, 5.41) is 0. The van der Waals surface area contributed by atoms with E-state index in [9.17, 15) is 8.42 Å². The highest BCUT2D eigenvalue weighted by atomic mass is 32.2. The Hall–Kier alpha value is -0.910. The van der Waals surface area contributed by atoms with Crippen LogP contribution in [0.4, 0.5) is 0 Å². The highest BCUT2D eigenvalue weighted by molar-refractivity contribution is 7.88. The molecule has 1 aromatic carbocycles. The van der Waals surface area contributed by atoms with E-state index in [0.717, 1.165) is 19.3 Å². The fourth-order valence-corrected chi connectivity index (χ4v) is 4.16. The van der Waals surface area contributed by atoms with Gasteiger partial charge in [0.25, 0.3) is 0 Å². The monoisotopic (exact) mass is 310 g/mol. The van der Waals surface area contributed by atoms with Crippen LogP contribution in [0.3, 0.4) is 0 Å². The van der Waals surface area contributed by atoms with Gasteiger partial charge in [-0.05, 0) is 50.1 Å². The third-order valence-corrected chi connectivity index (χ3v) is 5.64. The van der Waals surface area contributed by atoms with Gasteiger partial charge in [0.2, 0.25) is 10.0 Å². The van der Waals surface area contributed by atoms with Crippen LogP contribution in [0.1, 0.15) is 36.3 Å². The summed E-state index contributed by atoms with van der Waals surface area (Å²) in [4.78, 5) is 0. The maximum Gasteiger partial charge on any atom is 0.211 e. The number of sulfonamides is 1. The average Bonchev–Trinajstić information content (AvgIpc) is 2.44.